The van der Waals surface area contributed by atoms with E-state index in [9.17, 15) is 22.8 Å². The van der Waals surface area contributed by atoms with Gasteiger partial charge < -0.3 is 24.7 Å². The average molecular weight is 469 g/mol. The predicted octanol–water partition coefficient (Wildman–Crippen LogP) is -0.264. The van der Waals surface area contributed by atoms with Crippen LogP contribution in [0.2, 0.25) is 0 Å². The second-order valence-corrected chi connectivity index (χ2v) is 10.1. The van der Waals surface area contributed by atoms with Crippen LogP contribution in [0.1, 0.15) is 16.1 Å². The lowest BCUT2D eigenvalue weighted by Crippen LogP contribution is -2.52. The van der Waals surface area contributed by atoms with Crippen molar-refractivity contribution < 1.29 is 27.5 Å². The van der Waals surface area contributed by atoms with Crippen LogP contribution in [-0.4, -0.2) is 73.9 Å². The molecule has 2 aliphatic rings. The molecule has 2 aromatic rings. The van der Waals surface area contributed by atoms with Crippen molar-refractivity contribution in [3.8, 4) is 11.5 Å². The van der Waals surface area contributed by atoms with Crippen LogP contribution >= 0.6 is 11.3 Å². The standard InChI is InChI=1S/C18H20N4O7S2/c1-11-17(30-18(25)20-11)31(26,27)22-6-4-21(5-7-22)15(23)9-19-16(24)12-2-3-13-14(8-12)29-10-28-13/h2-3,8H,4-7,9-10H2,1H3,(H,19,24)(H,20,25). The first-order chi connectivity index (χ1) is 14.8. The molecule has 0 aliphatic carbocycles. The fourth-order valence-electron chi connectivity index (χ4n) is 3.34. The van der Waals surface area contributed by atoms with E-state index in [1.807, 2.05) is 0 Å². The Bertz CT molecular complexity index is 1180. The van der Waals surface area contributed by atoms with Crippen molar-refractivity contribution in [3.63, 3.8) is 0 Å². The first-order valence-corrected chi connectivity index (χ1v) is 11.7. The minimum atomic E-state index is -3.80. The summed E-state index contributed by atoms with van der Waals surface area (Å²) in [6.45, 7) is 2.02. The summed E-state index contributed by atoms with van der Waals surface area (Å²) >= 11 is 0.653. The second-order valence-electron chi connectivity index (χ2n) is 6.96. The summed E-state index contributed by atoms with van der Waals surface area (Å²) in [7, 11) is -3.80. The quantitative estimate of drug-likeness (QED) is 0.616. The predicted molar refractivity (Wildman–Crippen MR) is 110 cm³/mol. The van der Waals surface area contributed by atoms with Crippen LogP contribution in [0.5, 0.6) is 11.5 Å². The maximum absolute atomic E-state index is 12.7. The third-order valence-electron chi connectivity index (χ3n) is 4.98. The van der Waals surface area contributed by atoms with Crippen LogP contribution in [0, 0.1) is 6.92 Å². The van der Waals surface area contributed by atoms with Gasteiger partial charge in [-0.2, -0.15) is 4.31 Å². The van der Waals surface area contributed by atoms with Crippen LogP contribution in [0.25, 0.3) is 0 Å². The van der Waals surface area contributed by atoms with Crippen LogP contribution in [0.3, 0.4) is 0 Å². The van der Waals surface area contributed by atoms with Gasteiger partial charge >= 0.3 is 4.87 Å². The number of aromatic nitrogens is 1. The van der Waals surface area contributed by atoms with Gasteiger partial charge in [-0.15, -0.1) is 0 Å². The highest BCUT2D eigenvalue weighted by atomic mass is 32.2. The van der Waals surface area contributed by atoms with Crippen LogP contribution in [0.4, 0.5) is 0 Å². The molecule has 4 rings (SSSR count). The summed E-state index contributed by atoms with van der Waals surface area (Å²) in [5.41, 5.74) is 0.647. The van der Waals surface area contributed by atoms with E-state index in [0.29, 0.717) is 34.1 Å². The number of benzene rings is 1. The topological polar surface area (TPSA) is 138 Å². The summed E-state index contributed by atoms with van der Waals surface area (Å²) in [4.78, 5) is 39.8. The lowest BCUT2D eigenvalue weighted by molar-refractivity contribution is -0.131. The van der Waals surface area contributed by atoms with Gasteiger partial charge in [-0.25, -0.2) is 8.42 Å². The normalized spacial score (nSPS) is 16.4. The number of carbonyl (C=O) groups is 2. The third-order valence-corrected chi connectivity index (χ3v) is 8.46. The van der Waals surface area contributed by atoms with Gasteiger partial charge in [0.05, 0.1) is 6.54 Å². The number of rotatable bonds is 5. The zero-order valence-corrected chi connectivity index (χ0v) is 18.2. The zero-order chi connectivity index (χ0) is 22.2. The Hall–Kier alpha value is -2.90. The molecule has 2 aliphatic heterocycles. The number of hydrogen-bond acceptors (Lipinski definition) is 8. The van der Waals surface area contributed by atoms with Crippen molar-refractivity contribution in [1.82, 2.24) is 19.5 Å². The highest BCUT2D eigenvalue weighted by Crippen LogP contribution is 2.32. The smallest absolute Gasteiger partial charge is 0.305 e. The molecule has 13 heteroatoms. The number of piperazine rings is 1. The average Bonchev–Trinajstić information content (AvgIpc) is 3.37. The molecule has 0 unspecified atom stereocenters. The fourth-order valence-corrected chi connectivity index (χ4v) is 6.20. The first-order valence-electron chi connectivity index (χ1n) is 9.41. The van der Waals surface area contributed by atoms with E-state index in [1.54, 1.807) is 18.2 Å². The number of aromatic amines is 1. The molecule has 0 bridgehead atoms. The largest absolute Gasteiger partial charge is 0.454 e. The number of ether oxygens (including phenoxy) is 2. The maximum Gasteiger partial charge on any atom is 0.305 e. The Balaban J connectivity index is 1.31. The van der Waals surface area contributed by atoms with Crippen molar-refractivity contribution in [2.24, 2.45) is 0 Å². The van der Waals surface area contributed by atoms with Crippen molar-refractivity contribution in [2.75, 3.05) is 39.5 Å². The van der Waals surface area contributed by atoms with Gasteiger partial charge in [0.1, 0.15) is 0 Å². The van der Waals surface area contributed by atoms with Crippen molar-refractivity contribution in [3.05, 3.63) is 39.1 Å². The van der Waals surface area contributed by atoms with Gasteiger partial charge in [-0.1, -0.05) is 11.3 Å². The van der Waals surface area contributed by atoms with Gasteiger partial charge in [-0.3, -0.25) is 14.4 Å². The minimum Gasteiger partial charge on any atom is -0.454 e. The molecule has 1 fully saturated rings. The van der Waals surface area contributed by atoms with Gasteiger partial charge in [0.2, 0.25) is 12.7 Å². The van der Waals surface area contributed by atoms with E-state index in [0.717, 1.165) is 0 Å². The Labute approximate surface area is 181 Å². The summed E-state index contributed by atoms with van der Waals surface area (Å²) < 4.78 is 37.2. The number of fused-ring (bicyclic) bond motifs is 1. The number of hydrogen-bond donors (Lipinski definition) is 2. The molecule has 166 valence electrons. The molecule has 1 aromatic carbocycles. The number of carbonyl (C=O) groups excluding carboxylic acids is 2. The Morgan fingerprint density at radius 2 is 1.87 bits per heavy atom. The van der Waals surface area contributed by atoms with Crippen LogP contribution in [-0.2, 0) is 14.8 Å². The molecule has 0 saturated carbocycles. The molecule has 0 radical (unpaired) electrons. The van der Waals surface area contributed by atoms with Crippen molar-refractivity contribution >= 4 is 33.2 Å². The summed E-state index contributed by atoms with van der Waals surface area (Å²) in [5, 5.41) is 2.57. The number of aryl methyl sites for hydroxylation is 1. The number of thiazole rings is 1. The van der Waals surface area contributed by atoms with Crippen molar-refractivity contribution in [1.29, 1.82) is 0 Å². The van der Waals surface area contributed by atoms with Crippen LogP contribution < -0.4 is 19.7 Å². The summed E-state index contributed by atoms with van der Waals surface area (Å²) in [6, 6.07) is 4.75. The molecule has 2 N–H and O–H groups in total. The van der Waals surface area contributed by atoms with Crippen molar-refractivity contribution in [2.45, 2.75) is 11.1 Å². The summed E-state index contributed by atoms with van der Waals surface area (Å²) in [5.74, 6) is 0.292. The molecule has 1 aromatic heterocycles. The van der Waals surface area contributed by atoms with Gasteiger partial charge in [-0.05, 0) is 25.1 Å². The Kier molecular flexibility index (Phi) is 5.73. The molecule has 31 heavy (non-hydrogen) atoms. The molecule has 0 atom stereocenters. The van der Waals surface area contributed by atoms with E-state index < -0.39 is 20.8 Å². The molecular weight excluding hydrogens is 448 g/mol. The number of H-pyrrole nitrogens is 1. The van der Waals surface area contributed by atoms with Gasteiger partial charge in [0.25, 0.3) is 15.9 Å². The van der Waals surface area contributed by atoms with E-state index in [-0.39, 0.29) is 49.6 Å². The minimum absolute atomic E-state index is 0.00624. The maximum atomic E-state index is 12.7. The Morgan fingerprint density at radius 3 is 2.55 bits per heavy atom. The molecule has 0 spiro atoms. The first kappa shape index (κ1) is 21.3. The van der Waals surface area contributed by atoms with Gasteiger partial charge in [0, 0.05) is 37.4 Å². The number of amides is 2. The number of nitrogens with one attached hydrogen (secondary N) is 2. The van der Waals surface area contributed by atoms with Gasteiger partial charge in [0.15, 0.2) is 15.7 Å². The summed E-state index contributed by atoms with van der Waals surface area (Å²) in [6.07, 6.45) is 0. The third kappa shape index (κ3) is 4.29. The molecular formula is C18H20N4O7S2. The Morgan fingerprint density at radius 1 is 1.16 bits per heavy atom. The van der Waals surface area contributed by atoms with E-state index in [2.05, 4.69) is 10.3 Å². The highest BCUT2D eigenvalue weighted by Gasteiger charge is 2.32. The van der Waals surface area contributed by atoms with E-state index >= 15 is 0 Å². The highest BCUT2D eigenvalue weighted by molar-refractivity contribution is 7.91. The second kappa shape index (κ2) is 8.32. The molecule has 2 amide bonds. The molecule has 11 nitrogen and oxygen atoms in total. The fraction of sp³-hybridized carbons (Fsp3) is 0.389. The lowest BCUT2D eigenvalue weighted by atomic mass is 10.2. The zero-order valence-electron chi connectivity index (χ0n) is 16.5. The monoisotopic (exact) mass is 468 g/mol. The van der Waals surface area contributed by atoms with E-state index in [1.165, 1.54) is 16.1 Å². The van der Waals surface area contributed by atoms with Crippen LogP contribution in [0.15, 0.2) is 27.2 Å². The molecule has 1 saturated heterocycles. The number of nitrogens with zero attached hydrogens (tertiary/aromatic N) is 2. The lowest BCUT2D eigenvalue weighted by Gasteiger charge is -2.33. The number of sulfonamides is 1. The SMILES string of the molecule is Cc1[nH]c(=O)sc1S(=O)(=O)N1CCN(C(=O)CNC(=O)c2ccc3c(c2)OCO3)CC1. The van der Waals surface area contributed by atoms with E-state index in [4.69, 9.17) is 9.47 Å². The molecule has 3 heterocycles.